The summed E-state index contributed by atoms with van der Waals surface area (Å²) in [6.07, 6.45) is 0.243. The highest BCUT2D eigenvalue weighted by Gasteiger charge is 2.37. The lowest BCUT2D eigenvalue weighted by atomic mass is 9.87. The number of amides is 2. The highest BCUT2D eigenvalue weighted by Crippen LogP contribution is 2.44. The number of nitrogens with one attached hydrogen (secondary N) is 1. The molecule has 33 heavy (non-hydrogen) atoms. The Balaban J connectivity index is 1.23. The SMILES string of the molecule is O=C(N[C@H]1CC(=O)N(c2ccc3c(c2)OCCO3)C1)C1c2ccccc2Oc2ccccc21. The summed E-state index contributed by atoms with van der Waals surface area (Å²) in [7, 11) is 0. The predicted octanol–water partition coefficient (Wildman–Crippen LogP) is 3.62. The number of carbonyl (C=O) groups excluding carboxylic acids is 2. The lowest BCUT2D eigenvalue weighted by molar-refractivity contribution is -0.122. The van der Waals surface area contributed by atoms with Gasteiger partial charge in [0.15, 0.2) is 11.5 Å². The number of fused-ring (bicyclic) bond motifs is 3. The zero-order valence-electron chi connectivity index (χ0n) is 17.8. The lowest BCUT2D eigenvalue weighted by Gasteiger charge is -2.28. The summed E-state index contributed by atoms with van der Waals surface area (Å²) in [5, 5.41) is 3.11. The van der Waals surface area contributed by atoms with E-state index >= 15 is 0 Å². The van der Waals surface area contributed by atoms with Crippen LogP contribution in [0.15, 0.2) is 66.7 Å². The molecule has 0 bridgehead atoms. The molecule has 1 saturated heterocycles. The van der Waals surface area contributed by atoms with E-state index in [-0.39, 0.29) is 24.3 Å². The summed E-state index contributed by atoms with van der Waals surface area (Å²) in [5.41, 5.74) is 2.38. The minimum absolute atomic E-state index is 0.0373. The number of benzene rings is 3. The van der Waals surface area contributed by atoms with Gasteiger partial charge in [0.1, 0.15) is 24.7 Å². The van der Waals surface area contributed by atoms with E-state index in [0.29, 0.717) is 42.8 Å². The molecule has 3 aliphatic rings. The predicted molar refractivity (Wildman–Crippen MR) is 121 cm³/mol. The molecule has 1 fully saturated rings. The second-order valence-corrected chi connectivity index (χ2v) is 8.35. The normalized spacial score (nSPS) is 18.8. The Morgan fingerprint density at radius 2 is 1.52 bits per heavy atom. The minimum atomic E-state index is -0.496. The first-order valence-electron chi connectivity index (χ1n) is 11.0. The third-order valence-electron chi connectivity index (χ3n) is 6.25. The van der Waals surface area contributed by atoms with Crippen LogP contribution in [0.5, 0.6) is 23.0 Å². The standard InChI is InChI=1S/C26H22N2O5/c29-24-13-16(15-28(24)17-9-10-22-23(14-17)32-12-11-31-22)27-26(30)25-18-5-1-3-7-20(18)33-21-8-4-2-6-19(21)25/h1-10,14,16,25H,11-13,15H2,(H,27,30)/t16-/m0/s1. The van der Waals surface area contributed by atoms with Crippen molar-refractivity contribution >= 4 is 17.5 Å². The molecule has 3 aromatic rings. The van der Waals surface area contributed by atoms with Gasteiger partial charge in [-0.25, -0.2) is 0 Å². The summed E-state index contributed by atoms with van der Waals surface area (Å²) in [5.74, 6) is 2.00. The first-order chi connectivity index (χ1) is 16.2. The zero-order valence-corrected chi connectivity index (χ0v) is 17.8. The van der Waals surface area contributed by atoms with E-state index in [0.717, 1.165) is 16.8 Å². The number of hydrogen-bond acceptors (Lipinski definition) is 5. The van der Waals surface area contributed by atoms with Crippen LogP contribution in [-0.2, 0) is 9.59 Å². The molecule has 3 aromatic carbocycles. The van der Waals surface area contributed by atoms with Crippen molar-refractivity contribution in [2.75, 3.05) is 24.7 Å². The third-order valence-corrected chi connectivity index (χ3v) is 6.25. The second-order valence-electron chi connectivity index (χ2n) is 8.35. The molecule has 2 amide bonds. The Morgan fingerprint density at radius 1 is 0.848 bits per heavy atom. The van der Waals surface area contributed by atoms with Gasteiger partial charge in [0, 0.05) is 35.8 Å². The fraction of sp³-hybridized carbons (Fsp3) is 0.231. The molecular weight excluding hydrogens is 420 g/mol. The van der Waals surface area contributed by atoms with Gasteiger partial charge < -0.3 is 24.4 Å². The average Bonchev–Trinajstić information content (AvgIpc) is 3.21. The van der Waals surface area contributed by atoms with Crippen molar-refractivity contribution < 1.29 is 23.8 Å². The van der Waals surface area contributed by atoms with Crippen LogP contribution in [0.2, 0.25) is 0 Å². The summed E-state index contributed by atoms with van der Waals surface area (Å²) in [6.45, 7) is 1.40. The summed E-state index contributed by atoms with van der Waals surface area (Å²) in [4.78, 5) is 28.0. The number of nitrogens with zero attached hydrogens (tertiary/aromatic N) is 1. The Bertz CT molecular complexity index is 1210. The minimum Gasteiger partial charge on any atom is -0.486 e. The van der Waals surface area contributed by atoms with Crippen LogP contribution >= 0.6 is 0 Å². The number of ether oxygens (including phenoxy) is 3. The molecule has 0 radical (unpaired) electrons. The zero-order chi connectivity index (χ0) is 22.4. The number of hydrogen-bond donors (Lipinski definition) is 1. The van der Waals surface area contributed by atoms with E-state index in [1.165, 1.54) is 0 Å². The van der Waals surface area contributed by atoms with E-state index in [9.17, 15) is 9.59 Å². The van der Waals surface area contributed by atoms with Crippen molar-refractivity contribution in [3.63, 3.8) is 0 Å². The molecule has 3 aliphatic heterocycles. The Hall–Kier alpha value is -4.00. The van der Waals surface area contributed by atoms with Crippen LogP contribution < -0.4 is 24.4 Å². The van der Waals surface area contributed by atoms with E-state index in [1.807, 2.05) is 66.7 Å². The van der Waals surface area contributed by atoms with E-state index in [1.54, 1.807) is 4.90 Å². The number of rotatable bonds is 3. The van der Waals surface area contributed by atoms with Crippen LogP contribution in [-0.4, -0.2) is 37.6 Å². The largest absolute Gasteiger partial charge is 0.486 e. The van der Waals surface area contributed by atoms with E-state index < -0.39 is 5.92 Å². The van der Waals surface area contributed by atoms with Crippen LogP contribution in [0.25, 0.3) is 0 Å². The maximum atomic E-state index is 13.5. The van der Waals surface area contributed by atoms with Gasteiger partial charge in [-0.3, -0.25) is 9.59 Å². The highest BCUT2D eigenvalue weighted by atomic mass is 16.6. The molecule has 0 aliphatic carbocycles. The molecule has 0 spiro atoms. The first-order valence-corrected chi connectivity index (χ1v) is 11.0. The third kappa shape index (κ3) is 3.46. The van der Waals surface area contributed by atoms with Crippen LogP contribution in [0.1, 0.15) is 23.5 Å². The van der Waals surface area contributed by atoms with Gasteiger partial charge >= 0.3 is 0 Å². The topological polar surface area (TPSA) is 77.1 Å². The fourth-order valence-corrected chi connectivity index (χ4v) is 4.73. The van der Waals surface area contributed by atoms with Crippen molar-refractivity contribution in [3.8, 4) is 23.0 Å². The smallest absolute Gasteiger partial charge is 0.232 e. The molecule has 1 atom stereocenters. The number of para-hydroxylation sites is 2. The molecule has 1 N–H and O–H groups in total. The van der Waals surface area contributed by atoms with E-state index in [2.05, 4.69) is 5.32 Å². The Morgan fingerprint density at radius 3 is 2.24 bits per heavy atom. The maximum Gasteiger partial charge on any atom is 0.232 e. The molecule has 7 nitrogen and oxygen atoms in total. The van der Waals surface area contributed by atoms with Gasteiger partial charge in [-0.05, 0) is 24.3 Å². The van der Waals surface area contributed by atoms with Crippen LogP contribution in [0, 0.1) is 0 Å². The van der Waals surface area contributed by atoms with Crippen LogP contribution in [0.3, 0.4) is 0 Å². The van der Waals surface area contributed by atoms with Crippen molar-refractivity contribution in [1.82, 2.24) is 5.32 Å². The highest BCUT2D eigenvalue weighted by molar-refractivity contribution is 5.98. The number of anilines is 1. The van der Waals surface area contributed by atoms with Gasteiger partial charge in [0.05, 0.1) is 12.0 Å². The second kappa shape index (κ2) is 7.85. The van der Waals surface area contributed by atoms with Crippen molar-refractivity contribution in [1.29, 1.82) is 0 Å². The lowest BCUT2D eigenvalue weighted by Crippen LogP contribution is -2.40. The van der Waals surface area contributed by atoms with Gasteiger partial charge in [-0.15, -0.1) is 0 Å². The molecule has 3 heterocycles. The van der Waals surface area contributed by atoms with Crippen molar-refractivity contribution in [3.05, 3.63) is 77.9 Å². The number of carbonyl (C=O) groups is 2. The summed E-state index contributed by atoms with van der Waals surface area (Å²) >= 11 is 0. The average molecular weight is 442 g/mol. The summed E-state index contributed by atoms with van der Waals surface area (Å²) in [6, 6.07) is 20.3. The molecule has 0 unspecified atom stereocenters. The molecule has 0 aromatic heterocycles. The molecular formula is C26H22N2O5. The molecule has 166 valence electrons. The summed E-state index contributed by atoms with van der Waals surface area (Å²) < 4.78 is 17.2. The molecule has 7 heteroatoms. The van der Waals surface area contributed by atoms with Gasteiger partial charge in [0.2, 0.25) is 11.8 Å². The quantitative estimate of drug-likeness (QED) is 0.671. The first kappa shape index (κ1) is 19.7. The van der Waals surface area contributed by atoms with E-state index in [4.69, 9.17) is 14.2 Å². The van der Waals surface area contributed by atoms with Gasteiger partial charge in [-0.2, -0.15) is 0 Å². The molecule has 0 saturated carbocycles. The van der Waals surface area contributed by atoms with Gasteiger partial charge in [-0.1, -0.05) is 36.4 Å². The van der Waals surface area contributed by atoms with Crippen LogP contribution in [0.4, 0.5) is 5.69 Å². The van der Waals surface area contributed by atoms with Crippen molar-refractivity contribution in [2.24, 2.45) is 0 Å². The van der Waals surface area contributed by atoms with Crippen molar-refractivity contribution in [2.45, 2.75) is 18.4 Å². The van der Waals surface area contributed by atoms with Gasteiger partial charge in [0.25, 0.3) is 0 Å². The monoisotopic (exact) mass is 442 g/mol. The molecule has 6 rings (SSSR count). The maximum absolute atomic E-state index is 13.5. The Labute approximate surface area is 190 Å². The Kier molecular flexibility index (Phi) is 4.68. The fourth-order valence-electron chi connectivity index (χ4n) is 4.73.